The van der Waals surface area contributed by atoms with Gasteiger partial charge in [0.1, 0.15) is 12.4 Å². The maximum Gasteiger partial charge on any atom is 0.136 e. The number of aromatic nitrogens is 3. The van der Waals surface area contributed by atoms with Crippen LogP contribution >= 0.6 is 0 Å². The maximum atomic E-state index is 9.49. The van der Waals surface area contributed by atoms with Crippen LogP contribution in [0.15, 0.2) is 36.4 Å². The first-order valence-corrected chi connectivity index (χ1v) is 6.45. The first kappa shape index (κ1) is 12.6. The molecule has 20 heavy (non-hydrogen) atoms. The summed E-state index contributed by atoms with van der Waals surface area (Å²) in [5.41, 5.74) is 10.1. The van der Waals surface area contributed by atoms with Crippen molar-refractivity contribution in [2.45, 2.75) is 20.1 Å². The molecule has 2 heterocycles. The van der Waals surface area contributed by atoms with Gasteiger partial charge in [-0.3, -0.25) is 4.98 Å². The number of aryl methyl sites for hydroxylation is 1. The molecule has 0 saturated carbocycles. The van der Waals surface area contributed by atoms with E-state index < -0.39 is 0 Å². The highest BCUT2D eigenvalue weighted by atomic mass is 16.3. The van der Waals surface area contributed by atoms with Crippen molar-refractivity contribution in [2.24, 2.45) is 0 Å². The van der Waals surface area contributed by atoms with Crippen LogP contribution in [0.2, 0.25) is 0 Å². The van der Waals surface area contributed by atoms with Crippen LogP contribution in [-0.2, 0) is 13.2 Å². The number of rotatable bonds is 3. The van der Waals surface area contributed by atoms with Crippen molar-refractivity contribution >= 4 is 16.7 Å². The smallest absolute Gasteiger partial charge is 0.136 e. The van der Waals surface area contributed by atoms with E-state index in [1.54, 1.807) is 0 Å². The van der Waals surface area contributed by atoms with E-state index in [1.165, 1.54) is 0 Å². The molecule has 3 rings (SSSR count). The average molecular weight is 268 g/mol. The highest BCUT2D eigenvalue weighted by Crippen LogP contribution is 2.20. The lowest BCUT2D eigenvalue weighted by atomic mass is 10.2. The molecule has 0 amide bonds. The van der Waals surface area contributed by atoms with Gasteiger partial charge in [0, 0.05) is 11.4 Å². The fourth-order valence-electron chi connectivity index (χ4n) is 2.34. The van der Waals surface area contributed by atoms with Crippen LogP contribution in [0, 0.1) is 6.92 Å². The molecule has 0 bridgehead atoms. The van der Waals surface area contributed by atoms with Crippen molar-refractivity contribution < 1.29 is 5.11 Å². The largest absolute Gasteiger partial charge is 0.399 e. The van der Waals surface area contributed by atoms with Crippen molar-refractivity contribution in [2.75, 3.05) is 5.73 Å². The Hall–Kier alpha value is -2.40. The summed E-state index contributed by atoms with van der Waals surface area (Å²) in [5, 5.41) is 9.49. The standard InChI is InChI=1S/C15H16N4O/c1-10-3-2-4-12(17-10)8-19-14-6-5-11(16)7-13(14)18-15(19)9-20/h2-7,20H,8-9,16H2,1H3. The SMILES string of the molecule is Cc1cccc(Cn2c(CO)nc3cc(N)ccc32)n1. The third-order valence-corrected chi connectivity index (χ3v) is 3.26. The molecule has 0 fully saturated rings. The van der Waals surface area contributed by atoms with Crippen LogP contribution in [0.1, 0.15) is 17.2 Å². The predicted octanol–water partition coefficient (Wildman–Crippen LogP) is 1.86. The van der Waals surface area contributed by atoms with Gasteiger partial charge in [0.15, 0.2) is 0 Å². The van der Waals surface area contributed by atoms with E-state index in [9.17, 15) is 5.11 Å². The second-order valence-corrected chi connectivity index (χ2v) is 4.79. The molecule has 5 nitrogen and oxygen atoms in total. The summed E-state index contributed by atoms with van der Waals surface area (Å²) in [6.45, 7) is 2.43. The zero-order valence-electron chi connectivity index (χ0n) is 11.2. The van der Waals surface area contributed by atoms with Gasteiger partial charge in [0.05, 0.1) is 23.3 Å². The van der Waals surface area contributed by atoms with Gasteiger partial charge in [0.25, 0.3) is 0 Å². The molecule has 0 unspecified atom stereocenters. The zero-order chi connectivity index (χ0) is 14.1. The molecule has 1 aromatic carbocycles. The van der Waals surface area contributed by atoms with Gasteiger partial charge in [-0.05, 0) is 37.3 Å². The Bertz CT molecular complexity index is 764. The number of pyridine rings is 1. The third-order valence-electron chi connectivity index (χ3n) is 3.26. The highest BCUT2D eigenvalue weighted by molar-refractivity contribution is 5.79. The van der Waals surface area contributed by atoms with E-state index in [2.05, 4.69) is 9.97 Å². The monoisotopic (exact) mass is 268 g/mol. The van der Waals surface area contributed by atoms with Gasteiger partial charge >= 0.3 is 0 Å². The molecule has 0 spiro atoms. The Morgan fingerprint density at radius 2 is 2.05 bits per heavy atom. The van der Waals surface area contributed by atoms with Crippen molar-refractivity contribution in [1.29, 1.82) is 0 Å². The van der Waals surface area contributed by atoms with Crippen molar-refractivity contribution in [1.82, 2.24) is 14.5 Å². The van der Waals surface area contributed by atoms with Gasteiger partial charge in [-0.2, -0.15) is 0 Å². The predicted molar refractivity (Wildman–Crippen MR) is 78.1 cm³/mol. The van der Waals surface area contributed by atoms with Crippen LogP contribution in [0.5, 0.6) is 0 Å². The lowest BCUT2D eigenvalue weighted by molar-refractivity contribution is 0.267. The summed E-state index contributed by atoms with van der Waals surface area (Å²) < 4.78 is 1.97. The maximum absolute atomic E-state index is 9.49. The minimum Gasteiger partial charge on any atom is -0.399 e. The molecule has 0 saturated heterocycles. The molecule has 0 aliphatic heterocycles. The van der Waals surface area contributed by atoms with E-state index in [0.717, 1.165) is 22.4 Å². The summed E-state index contributed by atoms with van der Waals surface area (Å²) in [4.78, 5) is 8.91. The van der Waals surface area contributed by atoms with Crippen LogP contribution < -0.4 is 5.73 Å². The quantitative estimate of drug-likeness (QED) is 0.711. The Kier molecular flexibility index (Phi) is 3.12. The topological polar surface area (TPSA) is 77.0 Å². The lowest BCUT2D eigenvalue weighted by Crippen LogP contribution is -2.06. The molecule has 3 N–H and O–H groups in total. The number of hydrogen-bond acceptors (Lipinski definition) is 4. The molecule has 3 aromatic rings. The number of aliphatic hydroxyl groups excluding tert-OH is 1. The average Bonchev–Trinajstić information content (AvgIpc) is 2.76. The summed E-state index contributed by atoms with van der Waals surface area (Å²) in [6, 6.07) is 11.5. The molecule has 0 aliphatic rings. The Labute approximate surface area is 116 Å². The van der Waals surface area contributed by atoms with Gasteiger partial charge in [-0.25, -0.2) is 4.98 Å². The van der Waals surface area contributed by atoms with E-state index in [0.29, 0.717) is 18.1 Å². The molecule has 0 radical (unpaired) electrons. The molecular weight excluding hydrogens is 252 g/mol. The summed E-state index contributed by atoms with van der Waals surface area (Å²) in [5.74, 6) is 0.619. The number of benzene rings is 1. The van der Waals surface area contributed by atoms with E-state index in [1.807, 2.05) is 47.9 Å². The second-order valence-electron chi connectivity index (χ2n) is 4.79. The first-order valence-electron chi connectivity index (χ1n) is 6.45. The third kappa shape index (κ3) is 2.23. The minimum atomic E-state index is -0.111. The van der Waals surface area contributed by atoms with Crippen LogP contribution in [0.3, 0.4) is 0 Å². The Balaban J connectivity index is 2.10. The molecule has 0 atom stereocenters. The van der Waals surface area contributed by atoms with Crippen LogP contribution in [0.4, 0.5) is 5.69 Å². The number of imidazole rings is 1. The fraction of sp³-hybridized carbons (Fsp3) is 0.200. The van der Waals surface area contributed by atoms with Crippen molar-refractivity contribution in [3.63, 3.8) is 0 Å². The van der Waals surface area contributed by atoms with Crippen LogP contribution in [0.25, 0.3) is 11.0 Å². The minimum absolute atomic E-state index is 0.111. The number of fused-ring (bicyclic) bond motifs is 1. The summed E-state index contributed by atoms with van der Waals surface area (Å²) in [7, 11) is 0. The number of aliphatic hydroxyl groups is 1. The number of nitrogen functional groups attached to an aromatic ring is 1. The molecule has 102 valence electrons. The molecule has 5 heteroatoms. The van der Waals surface area contributed by atoms with Gasteiger partial charge in [-0.15, -0.1) is 0 Å². The van der Waals surface area contributed by atoms with Crippen molar-refractivity contribution in [3.8, 4) is 0 Å². The zero-order valence-corrected chi connectivity index (χ0v) is 11.2. The van der Waals surface area contributed by atoms with Gasteiger partial charge in [-0.1, -0.05) is 6.07 Å². The van der Waals surface area contributed by atoms with E-state index in [4.69, 9.17) is 5.73 Å². The number of nitrogens with two attached hydrogens (primary N) is 1. The highest BCUT2D eigenvalue weighted by Gasteiger charge is 2.11. The van der Waals surface area contributed by atoms with E-state index >= 15 is 0 Å². The number of hydrogen-bond donors (Lipinski definition) is 2. The van der Waals surface area contributed by atoms with Crippen LogP contribution in [-0.4, -0.2) is 19.6 Å². The van der Waals surface area contributed by atoms with E-state index in [-0.39, 0.29) is 6.61 Å². The van der Waals surface area contributed by atoms with Crippen molar-refractivity contribution in [3.05, 3.63) is 53.6 Å². The summed E-state index contributed by atoms with van der Waals surface area (Å²) in [6.07, 6.45) is 0. The summed E-state index contributed by atoms with van der Waals surface area (Å²) >= 11 is 0. The molecular formula is C15H16N4O. The van der Waals surface area contributed by atoms with Gasteiger partial charge in [0.2, 0.25) is 0 Å². The fourth-order valence-corrected chi connectivity index (χ4v) is 2.34. The normalized spacial score (nSPS) is 11.1. The Morgan fingerprint density at radius 3 is 2.80 bits per heavy atom. The molecule has 2 aromatic heterocycles. The molecule has 0 aliphatic carbocycles. The second kappa shape index (κ2) is 4.94. The van der Waals surface area contributed by atoms with Gasteiger partial charge < -0.3 is 15.4 Å². The first-order chi connectivity index (χ1) is 9.67. The lowest BCUT2D eigenvalue weighted by Gasteiger charge is -2.08. The number of nitrogens with zero attached hydrogens (tertiary/aromatic N) is 3. The Morgan fingerprint density at radius 1 is 1.20 bits per heavy atom. The number of anilines is 1.